The molecule has 1 fully saturated rings. The molecule has 3 amide bonds. The first-order chi connectivity index (χ1) is 19.6. The van der Waals surface area contributed by atoms with Crippen molar-refractivity contribution in [1.29, 1.82) is 0 Å². The lowest BCUT2D eigenvalue weighted by molar-refractivity contribution is -0.114. The number of carbonyl (C=O) groups is 3. The Morgan fingerprint density at radius 3 is 1.98 bits per heavy atom. The van der Waals surface area contributed by atoms with Gasteiger partial charge in [-0.05, 0) is 72.1 Å². The Labute approximate surface area is 256 Å². The van der Waals surface area contributed by atoms with E-state index in [4.69, 9.17) is 4.98 Å². The van der Waals surface area contributed by atoms with Crippen LogP contribution in [0.1, 0.15) is 64.6 Å². The van der Waals surface area contributed by atoms with Crippen LogP contribution in [0.4, 0.5) is 20.4 Å². The first kappa shape index (κ1) is 33.5. The van der Waals surface area contributed by atoms with Crippen LogP contribution >= 0.6 is 23.1 Å². The number of carboxylic acid groups (broad SMARTS) is 2. The second-order valence-electron chi connectivity index (χ2n) is 12.3. The molecule has 1 aliphatic heterocycles. The van der Waals surface area contributed by atoms with Gasteiger partial charge in [0.05, 0.1) is 5.69 Å². The number of anilines is 2. The van der Waals surface area contributed by atoms with E-state index in [1.165, 1.54) is 23.1 Å². The molecule has 1 aliphatic rings. The maximum absolute atomic E-state index is 12.4. The van der Waals surface area contributed by atoms with Gasteiger partial charge < -0.3 is 20.8 Å². The summed E-state index contributed by atoms with van der Waals surface area (Å²) in [7, 11) is 0. The van der Waals surface area contributed by atoms with Crippen LogP contribution in [-0.2, 0) is 24.2 Å². The number of rotatable bonds is 10. The van der Waals surface area contributed by atoms with Crippen LogP contribution in [0.3, 0.4) is 0 Å². The third-order valence-corrected chi connectivity index (χ3v) is 8.72. The third kappa shape index (κ3) is 9.23. The Morgan fingerprint density at radius 1 is 0.952 bits per heavy atom. The highest BCUT2D eigenvalue weighted by Gasteiger charge is 2.43. The molecule has 0 spiro atoms. The van der Waals surface area contributed by atoms with Gasteiger partial charge in [0.1, 0.15) is 0 Å². The van der Waals surface area contributed by atoms with E-state index in [2.05, 4.69) is 15.5 Å². The van der Waals surface area contributed by atoms with Crippen molar-refractivity contribution in [3.05, 3.63) is 40.4 Å². The van der Waals surface area contributed by atoms with E-state index in [0.717, 1.165) is 58.6 Å². The van der Waals surface area contributed by atoms with Crippen molar-refractivity contribution in [2.24, 2.45) is 0 Å². The molecule has 4 N–H and O–H groups in total. The zero-order chi connectivity index (χ0) is 31.2. The summed E-state index contributed by atoms with van der Waals surface area (Å²) in [6.45, 7) is 14.8. The highest BCUT2D eigenvalue weighted by Crippen LogP contribution is 2.29. The lowest BCUT2D eigenvalue weighted by Gasteiger charge is -2.48. The second kappa shape index (κ2) is 14.0. The maximum Gasteiger partial charge on any atom is 0.410 e. The summed E-state index contributed by atoms with van der Waals surface area (Å²) in [4.78, 5) is 46.9. The molecule has 2 heterocycles. The van der Waals surface area contributed by atoms with Crippen LogP contribution in [0.5, 0.6) is 0 Å². The molecule has 2 aromatic rings. The Hall–Kier alpha value is -3.03. The summed E-state index contributed by atoms with van der Waals surface area (Å²) < 4.78 is 0. The van der Waals surface area contributed by atoms with E-state index >= 15 is 0 Å². The molecule has 1 aromatic carbocycles. The molecular weight excluding hydrogens is 576 g/mol. The van der Waals surface area contributed by atoms with E-state index in [-0.39, 0.29) is 5.91 Å². The summed E-state index contributed by atoms with van der Waals surface area (Å²) in [6.07, 6.45) is -2.19. The summed E-state index contributed by atoms with van der Waals surface area (Å²) in [6, 6.07) is 7.58. The fraction of sp³-hybridized carbons (Fsp3) is 0.586. The van der Waals surface area contributed by atoms with Gasteiger partial charge in [-0.1, -0.05) is 12.1 Å². The zero-order valence-electron chi connectivity index (χ0n) is 25.6. The SMILES string of the molecule is CC(=O)Nc1nc(CCc2ccc(NC(N(C(=O)O)C(C)(C)C)N(C(=O)O)C(C)(C)C)cc2)c(CN2CCSCC2)s1. The van der Waals surface area contributed by atoms with Gasteiger partial charge >= 0.3 is 12.2 Å². The van der Waals surface area contributed by atoms with E-state index in [1.54, 1.807) is 41.5 Å². The third-order valence-electron chi connectivity index (χ3n) is 6.78. The number of aromatic nitrogens is 1. The molecule has 13 heteroatoms. The van der Waals surface area contributed by atoms with E-state index in [1.807, 2.05) is 36.0 Å². The molecule has 11 nitrogen and oxygen atoms in total. The predicted molar refractivity (Wildman–Crippen MR) is 170 cm³/mol. The molecule has 0 unspecified atom stereocenters. The van der Waals surface area contributed by atoms with Crippen molar-refractivity contribution < 1.29 is 24.6 Å². The minimum absolute atomic E-state index is 0.140. The normalized spacial score (nSPS) is 14.5. The number of nitrogens with zero attached hydrogens (tertiary/aromatic N) is 4. The number of benzene rings is 1. The van der Waals surface area contributed by atoms with Gasteiger partial charge in [0.25, 0.3) is 0 Å². The van der Waals surface area contributed by atoms with Crippen molar-refractivity contribution >= 4 is 52.0 Å². The Bertz CT molecular complexity index is 1200. The molecule has 3 rings (SSSR count). The topological polar surface area (TPSA) is 138 Å². The van der Waals surface area contributed by atoms with Crippen LogP contribution in [-0.4, -0.2) is 90.0 Å². The fourth-order valence-corrected chi connectivity index (χ4v) is 6.88. The lowest BCUT2D eigenvalue weighted by atomic mass is 10.0. The quantitative estimate of drug-likeness (QED) is 0.247. The average Bonchev–Trinajstić information content (AvgIpc) is 3.22. The molecule has 42 heavy (non-hydrogen) atoms. The van der Waals surface area contributed by atoms with Crippen molar-refractivity contribution in [3.63, 3.8) is 0 Å². The maximum atomic E-state index is 12.4. The number of nitrogens with one attached hydrogen (secondary N) is 2. The minimum Gasteiger partial charge on any atom is -0.465 e. The smallest absolute Gasteiger partial charge is 0.410 e. The van der Waals surface area contributed by atoms with Crippen LogP contribution in [0.25, 0.3) is 0 Å². The van der Waals surface area contributed by atoms with Gasteiger partial charge in [0, 0.05) is 59.7 Å². The molecule has 1 saturated heterocycles. The molecule has 1 aromatic heterocycles. The molecule has 0 atom stereocenters. The number of carbonyl (C=O) groups excluding carboxylic acids is 1. The van der Waals surface area contributed by atoms with Crippen LogP contribution in [0, 0.1) is 0 Å². The minimum atomic E-state index is -1.23. The van der Waals surface area contributed by atoms with Crippen molar-refractivity contribution in [2.45, 2.75) is 85.2 Å². The molecule has 0 bridgehead atoms. The number of hydrogen-bond donors (Lipinski definition) is 4. The van der Waals surface area contributed by atoms with E-state index in [9.17, 15) is 24.6 Å². The van der Waals surface area contributed by atoms with Gasteiger partial charge in [-0.25, -0.2) is 14.6 Å². The molecule has 0 saturated carbocycles. The monoisotopic (exact) mass is 620 g/mol. The van der Waals surface area contributed by atoms with E-state index < -0.39 is 29.6 Å². The standard InChI is InChI=1S/C29H44N6O5S2/c1-19(36)30-24-32-22(23(42-24)18-33-14-16-41-17-15-33)13-10-20-8-11-21(12-9-20)31-25(34(26(37)38)28(2,3)4)35(27(39)40)29(5,6)7/h8-9,11-12,25,31H,10,13-18H2,1-7H3,(H,37,38)(H,39,40)(H,30,32,36). The average molecular weight is 621 g/mol. The number of amides is 3. The van der Waals surface area contributed by atoms with Gasteiger partial charge in [-0.15, -0.1) is 11.3 Å². The summed E-state index contributed by atoms with van der Waals surface area (Å²) in [5.74, 6) is 2.10. The summed E-state index contributed by atoms with van der Waals surface area (Å²) in [5, 5.41) is 26.8. The zero-order valence-corrected chi connectivity index (χ0v) is 27.2. The molecule has 232 valence electrons. The Kier molecular flexibility index (Phi) is 11.1. The summed E-state index contributed by atoms with van der Waals surface area (Å²) >= 11 is 3.50. The molecular formula is C29H44N6O5S2. The van der Waals surface area contributed by atoms with Gasteiger partial charge in [-0.3, -0.25) is 19.5 Å². The number of hydrogen-bond acceptors (Lipinski definition) is 8. The van der Waals surface area contributed by atoms with Crippen LogP contribution in [0.15, 0.2) is 24.3 Å². The summed E-state index contributed by atoms with van der Waals surface area (Å²) in [5.41, 5.74) is 0.880. The van der Waals surface area contributed by atoms with Crippen molar-refractivity contribution in [2.75, 3.05) is 35.2 Å². The second-order valence-corrected chi connectivity index (χ2v) is 14.6. The number of thiazole rings is 1. The number of thioether (sulfide) groups is 1. The van der Waals surface area contributed by atoms with Gasteiger partial charge in [-0.2, -0.15) is 11.8 Å². The Balaban J connectivity index is 1.80. The predicted octanol–water partition coefficient (Wildman–Crippen LogP) is 5.69. The van der Waals surface area contributed by atoms with E-state index in [0.29, 0.717) is 17.2 Å². The number of aryl methyl sites for hydroxylation is 2. The fourth-order valence-electron chi connectivity index (χ4n) is 4.81. The first-order valence-corrected chi connectivity index (χ1v) is 16.0. The molecule has 0 radical (unpaired) electrons. The highest BCUT2D eigenvalue weighted by atomic mass is 32.2. The van der Waals surface area contributed by atoms with Crippen LogP contribution < -0.4 is 10.6 Å². The van der Waals surface area contributed by atoms with Crippen molar-refractivity contribution in [1.82, 2.24) is 19.7 Å². The Morgan fingerprint density at radius 2 is 1.50 bits per heavy atom. The van der Waals surface area contributed by atoms with Gasteiger partial charge in [0.15, 0.2) is 11.4 Å². The first-order valence-electron chi connectivity index (χ1n) is 14.0. The van der Waals surface area contributed by atoms with Crippen LogP contribution in [0.2, 0.25) is 0 Å². The lowest BCUT2D eigenvalue weighted by Crippen LogP contribution is -2.66. The highest BCUT2D eigenvalue weighted by molar-refractivity contribution is 7.99. The van der Waals surface area contributed by atoms with Gasteiger partial charge in [0.2, 0.25) is 5.91 Å². The molecule has 0 aliphatic carbocycles. The largest absolute Gasteiger partial charge is 0.465 e. The van der Waals surface area contributed by atoms with Crippen molar-refractivity contribution in [3.8, 4) is 0 Å².